The Morgan fingerprint density at radius 3 is 2.92 bits per heavy atom. The Balaban J connectivity index is 0.00000144. The van der Waals surface area contributed by atoms with Crippen molar-refractivity contribution in [2.45, 2.75) is 13.3 Å². The molecule has 0 atom stereocenters. The van der Waals surface area contributed by atoms with Crippen LogP contribution in [0.5, 0.6) is 0 Å². The molecule has 1 radical (unpaired) electrons. The summed E-state index contributed by atoms with van der Waals surface area (Å²) in [5.41, 5.74) is 0.710. The fraction of sp³-hybridized carbons (Fsp3) is 0.444. The van der Waals surface area contributed by atoms with Crippen molar-refractivity contribution in [2.75, 3.05) is 13.7 Å². The van der Waals surface area contributed by atoms with Gasteiger partial charge < -0.3 is 9.64 Å². The number of rotatable bonds is 2. The van der Waals surface area contributed by atoms with Crippen LogP contribution >= 0.6 is 0 Å². The van der Waals surface area contributed by atoms with E-state index in [4.69, 9.17) is 0 Å². The van der Waals surface area contributed by atoms with Crippen LogP contribution in [0.4, 0.5) is 0 Å². The Kier molecular flexibility index (Phi) is 6.26. The number of carbonyl (C=O) groups is 1. The molecular formula is C9H13NO2Y. The number of ether oxygens (including phenoxy) is 1. The number of carbonyl (C=O) groups excluding carboxylic acids is 1. The van der Waals surface area contributed by atoms with Crippen molar-refractivity contribution in [3.8, 4) is 0 Å². The molecule has 0 bridgehead atoms. The third-order valence-electron chi connectivity index (χ3n) is 1.77. The zero-order chi connectivity index (χ0) is 8.97. The van der Waals surface area contributed by atoms with Gasteiger partial charge >= 0.3 is 5.97 Å². The summed E-state index contributed by atoms with van der Waals surface area (Å²) >= 11 is 0. The molecule has 1 heterocycles. The normalized spacial score (nSPS) is 14.6. The Hall–Kier alpha value is -0.146. The molecule has 0 fully saturated rings. The van der Waals surface area contributed by atoms with Crippen molar-refractivity contribution in [1.82, 2.24) is 4.90 Å². The molecule has 3 nitrogen and oxygen atoms in total. The van der Waals surface area contributed by atoms with Gasteiger partial charge in [0.15, 0.2) is 0 Å². The quantitative estimate of drug-likeness (QED) is 0.697. The summed E-state index contributed by atoms with van der Waals surface area (Å²) in [4.78, 5) is 13.0. The van der Waals surface area contributed by atoms with Crippen LogP contribution < -0.4 is 0 Å². The number of esters is 1. The van der Waals surface area contributed by atoms with Gasteiger partial charge in [-0.2, -0.15) is 0 Å². The Morgan fingerprint density at radius 1 is 1.69 bits per heavy atom. The van der Waals surface area contributed by atoms with Crippen LogP contribution in [-0.2, 0) is 42.2 Å². The third kappa shape index (κ3) is 3.61. The minimum atomic E-state index is -0.238. The summed E-state index contributed by atoms with van der Waals surface area (Å²) < 4.78 is 4.61. The van der Waals surface area contributed by atoms with Crippen molar-refractivity contribution < 1.29 is 42.2 Å². The van der Waals surface area contributed by atoms with Crippen LogP contribution in [0.2, 0.25) is 0 Å². The first-order chi connectivity index (χ1) is 5.77. The van der Waals surface area contributed by atoms with Gasteiger partial charge in [-0.25, -0.2) is 4.79 Å². The Labute approximate surface area is 104 Å². The second kappa shape index (κ2) is 6.33. The summed E-state index contributed by atoms with van der Waals surface area (Å²) in [6, 6.07) is 0. The molecule has 1 aliphatic rings. The van der Waals surface area contributed by atoms with Crippen molar-refractivity contribution in [2.24, 2.45) is 0 Å². The predicted molar refractivity (Wildman–Crippen MR) is 46.2 cm³/mol. The summed E-state index contributed by atoms with van der Waals surface area (Å²) in [6.45, 7) is 2.90. The van der Waals surface area contributed by atoms with Gasteiger partial charge in [0.2, 0.25) is 0 Å². The first-order valence-corrected chi connectivity index (χ1v) is 3.99. The largest absolute Gasteiger partial charge is 0.466 e. The second-order valence-corrected chi connectivity index (χ2v) is 2.57. The average Bonchev–Trinajstić information content (AvgIpc) is 2.17. The molecule has 1 rings (SSSR count). The molecule has 69 valence electrons. The molecule has 0 unspecified atom stereocenters. The first-order valence-electron chi connectivity index (χ1n) is 3.99. The van der Waals surface area contributed by atoms with Crippen molar-refractivity contribution in [3.63, 3.8) is 0 Å². The van der Waals surface area contributed by atoms with E-state index in [1.807, 2.05) is 30.3 Å². The minimum Gasteiger partial charge on any atom is -0.466 e. The Bertz CT molecular complexity index is 236. The van der Waals surface area contributed by atoms with Crippen LogP contribution in [0.1, 0.15) is 13.3 Å². The van der Waals surface area contributed by atoms with Crippen LogP contribution in [-0.4, -0.2) is 24.5 Å². The number of allylic oxidation sites excluding steroid dienone is 1. The average molecular weight is 256 g/mol. The van der Waals surface area contributed by atoms with Crippen molar-refractivity contribution >= 4 is 5.97 Å². The fourth-order valence-corrected chi connectivity index (χ4v) is 1.07. The summed E-state index contributed by atoms with van der Waals surface area (Å²) in [6.07, 6.45) is 6.41. The van der Waals surface area contributed by atoms with E-state index >= 15 is 0 Å². The van der Waals surface area contributed by atoms with E-state index in [9.17, 15) is 4.79 Å². The molecule has 0 aliphatic carbocycles. The van der Waals surface area contributed by atoms with Gasteiger partial charge in [0.05, 0.1) is 12.7 Å². The molecule has 4 heteroatoms. The second-order valence-electron chi connectivity index (χ2n) is 2.57. The zero-order valence-electron chi connectivity index (χ0n) is 7.99. The standard InChI is InChI=1S/C9H13NO2.Y/c1-3-10-6-4-5-8(7-10)9(11)12-2;/h4,6-7H,3,5H2,1-2H3;. The summed E-state index contributed by atoms with van der Waals surface area (Å²) in [5.74, 6) is -0.238. The van der Waals surface area contributed by atoms with Gasteiger partial charge in [-0.1, -0.05) is 6.08 Å². The molecule has 0 saturated heterocycles. The SMILES string of the molecule is CCN1C=CCC(C(=O)OC)=C1.[Y]. The molecule has 0 N–H and O–H groups in total. The van der Waals surface area contributed by atoms with Gasteiger partial charge in [-0.3, -0.25) is 0 Å². The van der Waals surface area contributed by atoms with Gasteiger partial charge in [-0.05, 0) is 13.1 Å². The summed E-state index contributed by atoms with van der Waals surface area (Å²) in [5, 5.41) is 0. The number of hydrogen-bond acceptors (Lipinski definition) is 3. The fourth-order valence-electron chi connectivity index (χ4n) is 1.07. The molecule has 0 aromatic rings. The molecule has 0 aromatic carbocycles. The Morgan fingerprint density at radius 2 is 2.38 bits per heavy atom. The van der Waals surface area contributed by atoms with E-state index in [0.29, 0.717) is 12.0 Å². The molecule has 0 spiro atoms. The number of nitrogens with zero attached hydrogens (tertiary/aromatic N) is 1. The molecule has 0 aromatic heterocycles. The monoisotopic (exact) mass is 256 g/mol. The van der Waals surface area contributed by atoms with E-state index in [2.05, 4.69) is 4.74 Å². The molecule has 0 saturated carbocycles. The van der Waals surface area contributed by atoms with E-state index in [-0.39, 0.29) is 38.7 Å². The van der Waals surface area contributed by atoms with Gasteiger partial charge in [0, 0.05) is 51.9 Å². The maximum atomic E-state index is 11.1. The molecular weight excluding hydrogens is 243 g/mol. The smallest absolute Gasteiger partial charge is 0.335 e. The van der Waals surface area contributed by atoms with E-state index in [1.165, 1.54) is 7.11 Å². The van der Waals surface area contributed by atoms with E-state index in [1.54, 1.807) is 0 Å². The molecule has 1 aliphatic heterocycles. The topological polar surface area (TPSA) is 29.5 Å². The van der Waals surface area contributed by atoms with E-state index < -0.39 is 0 Å². The third-order valence-corrected chi connectivity index (χ3v) is 1.77. The maximum Gasteiger partial charge on any atom is 0.335 e. The van der Waals surface area contributed by atoms with Crippen LogP contribution in [0, 0.1) is 0 Å². The first kappa shape index (κ1) is 12.9. The summed E-state index contributed by atoms with van der Waals surface area (Å²) in [7, 11) is 1.40. The zero-order valence-corrected chi connectivity index (χ0v) is 10.8. The van der Waals surface area contributed by atoms with Gasteiger partial charge in [0.25, 0.3) is 0 Å². The number of methoxy groups -OCH3 is 1. The minimum absolute atomic E-state index is 0. The maximum absolute atomic E-state index is 11.1. The van der Waals surface area contributed by atoms with Crippen molar-refractivity contribution in [1.29, 1.82) is 0 Å². The van der Waals surface area contributed by atoms with Gasteiger partial charge in [-0.15, -0.1) is 0 Å². The molecule has 13 heavy (non-hydrogen) atoms. The molecule has 0 amide bonds. The van der Waals surface area contributed by atoms with Gasteiger partial charge in [0.1, 0.15) is 0 Å². The van der Waals surface area contributed by atoms with E-state index in [0.717, 1.165) is 6.54 Å². The van der Waals surface area contributed by atoms with Crippen molar-refractivity contribution in [3.05, 3.63) is 24.0 Å². The van der Waals surface area contributed by atoms with Crippen LogP contribution in [0.25, 0.3) is 0 Å². The van der Waals surface area contributed by atoms with Crippen LogP contribution in [0.15, 0.2) is 24.0 Å². The number of hydrogen-bond donors (Lipinski definition) is 0. The van der Waals surface area contributed by atoms with Crippen LogP contribution in [0.3, 0.4) is 0 Å². The predicted octanol–water partition coefficient (Wildman–Crippen LogP) is 1.28.